The molecule has 0 N–H and O–H groups in total. The van der Waals surface area contributed by atoms with Gasteiger partial charge in [-0.3, -0.25) is 0 Å². The maximum atomic E-state index is 9.27. The molecule has 2 nitrogen and oxygen atoms in total. The predicted molar refractivity (Wildman–Crippen MR) is 69.2 cm³/mol. The van der Waals surface area contributed by atoms with E-state index in [9.17, 15) is 5.53 Å². The first-order chi connectivity index (χ1) is 8.24. The number of hydrogen-bond acceptors (Lipinski definition) is 0. The second-order valence-electron chi connectivity index (χ2n) is 4.08. The first-order valence-electron chi connectivity index (χ1n) is 5.58. The van der Waals surface area contributed by atoms with Crippen LogP contribution in [0.2, 0.25) is 0 Å². The van der Waals surface area contributed by atoms with E-state index in [4.69, 9.17) is 0 Å². The van der Waals surface area contributed by atoms with Crippen molar-refractivity contribution in [3.8, 4) is 0 Å². The third-order valence-electron chi connectivity index (χ3n) is 2.90. The van der Waals surface area contributed by atoms with Gasteiger partial charge < -0.3 is 5.53 Å². The van der Waals surface area contributed by atoms with Crippen molar-refractivity contribution in [1.82, 2.24) is 0 Å². The standard InChI is InChI=1S/C15H14N2/c1-11-7-3-5-9-13(11)15(17-16)14-10-6-4-8-12(14)2/h3-10H,1-2H3. The van der Waals surface area contributed by atoms with Crippen LogP contribution in [-0.4, -0.2) is 10.5 Å². The minimum Gasteiger partial charge on any atom is -0.361 e. The summed E-state index contributed by atoms with van der Waals surface area (Å²) in [5.74, 6) is 0. The van der Waals surface area contributed by atoms with E-state index < -0.39 is 0 Å². The number of benzene rings is 2. The maximum absolute atomic E-state index is 9.27. The van der Waals surface area contributed by atoms with Gasteiger partial charge in [0, 0.05) is 0 Å². The van der Waals surface area contributed by atoms with Gasteiger partial charge >= 0.3 is 5.71 Å². The molecular formula is C15H14N2. The van der Waals surface area contributed by atoms with Crippen LogP contribution >= 0.6 is 0 Å². The molecule has 0 aliphatic heterocycles. The van der Waals surface area contributed by atoms with Gasteiger partial charge in [-0.15, -0.1) is 0 Å². The second kappa shape index (κ2) is 4.77. The third-order valence-corrected chi connectivity index (χ3v) is 2.90. The molecule has 0 amide bonds. The lowest BCUT2D eigenvalue weighted by molar-refractivity contribution is -0.00287. The van der Waals surface area contributed by atoms with Crippen LogP contribution in [0.1, 0.15) is 22.3 Å². The summed E-state index contributed by atoms with van der Waals surface area (Å²) >= 11 is 0. The Hall–Kier alpha value is -2.18. The summed E-state index contributed by atoms with van der Waals surface area (Å²) in [6.45, 7) is 4.03. The highest BCUT2D eigenvalue weighted by Crippen LogP contribution is 2.16. The zero-order valence-electron chi connectivity index (χ0n) is 10.0. The monoisotopic (exact) mass is 222 g/mol. The SMILES string of the molecule is Cc1ccccc1C(=[N+]=[N-])c1ccccc1C. The quantitative estimate of drug-likeness (QED) is 0.424. The number of nitrogens with zero attached hydrogens (tertiary/aromatic N) is 2. The van der Waals surface area contributed by atoms with Crippen LogP contribution in [0.4, 0.5) is 0 Å². The highest BCUT2D eigenvalue weighted by atomic mass is 14.9. The molecule has 0 aliphatic rings. The van der Waals surface area contributed by atoms with Gasteiger partial charge in [-0.1, -0.05) is 36.4 Å². The molecular weight excluding hydrogens is 208 g/mol. The Morgan fingerprint density at radius 3 is 1.59 bits per heavy atom. The fraction of sp³-hybridized carbons (Fsp3) is 0.133. The van der Waals surface area contributed by atoms with Crippen molar-refractivity contribution in [3.63, 3.8) is 0 Å². The molecule has 0 heterocycles. The summed E-state index contributed by atoms with van der Waals surface area (Å²) < 4.78 is 0. The molecule has 0 aromatic heterocycles. The molecule has 0 spiro atoms. The summed E-state index contributed by atoms with van der Waals surface area (Å²) in [4.78, 5) is 3.47. The summed E-state index contributed by atoms with van der Waals surface area (Å²) in [5.41, 5.74) is 14.0. The Bertz CT molecular complexity index is 546. The normalized spacial score (nSPS) is 9.76. The van der Waals surface area contributed by atoms with Crippen LogP contribution in [0.15, 0.2) is 48.5 Å². The van der Waals surface area contributed by atoms with E-state index in [2.05, 4.69) is 4.79 Å². The summed E-state index contributed by atoms with van der Waals surface area (Å²) in [6.07, 6.45) is 0. The minimum absolute atomic E-state index is 0.626. The Balaban J connectivity index is 2.62. The Morgan fingerprint density at radius 2 is 1.24 bits per heavy atom. The second-order valence-corrected chi connectivity index (χ2v) is 4.08. The fourth-order valence-electron chi connectivity index (χ4n) is 1.93. The zero-order valence-corrected chi connectivity index (χ0v) is 10.0. The van der Waals surface area contributed by atoms with E-state index in [0.717, 1.165) is 22.3 Å². The Labute approximate surface area is 101 Å². The number of hydrogen-bond donors (Lipinski definition) is 0. The van der Waals surface area contributed by atoms with Gasteiger partial charge in [0.1, 0.15) is 0 Å². The van der Waals surface area contributed by atoms with Gasteiger partial charge in [0.15, 0.2) is 0 Å². The molecule has 0 fully saturated rings. The van der Waals surface area contributed by atoms with E-state index in [0.29, 0.717) is 5.71 Å². The van der Waals surface area contributed by atoms with Crippen LogP contribution in [0.5, 0.6) is 0 Å². The first kappa shape index (κ1) is 11.3. The molecule has 0 bridgehead atoms. The summed E-state index contributed by atoms with van der Waals surface area (Å²) in [6, 6.07) is 15.8. The van der Waals surface area contributed by atoms with Crippen LogP contribution in [0, 0.1) is 13.8 Å². The molecule has 0 saturated heterocycles. The molecule has 0 unspecified atom stereocenters. The van der Waals surface area contributed by atoms with Gasteiger partial charge in [-0.05, 0) is 37.1 Å². The van der Waals surface area contributed by atoms with Crippen LogP contribution in [0.3, 0.4) is 0 Å². The van der Waals surface area contributed by atoms with Crippen LogP contribution in [0.25, 0.3) is 5.53 Å². The highest BCUT2D eigenvalue weighted by Gasteiger charge is 2.18. The van der Waals surface area contributed by atoms with E-state index in [1.165, 1.54) is 0 Å². The molecule has 0 radical (unpaired) electrons. The van der Waals surface area contributed by atoms with Crippen molar-refractivity contribution >= 4 is 5.71 Å². The Morgan fingerprint density at radius 1 is 0.824 bits per heavy atom. The van der Waals surface area contributed by atoms with E-state index in [-0.39, 0.29) is 0 Å². The maximum Gasteiger partial charge on any atom is 0.330 e. The average Bonchev–Trinajstić information content (AvgIpc) is 2.34. The molecule has 2 heteroatoms. The minimum atomic E-state index is 0.626. The largest absolute Gasteiger partial charge is 0.361 e. The van der Waals surface area contributed by atoms with Crippen molar-refractivity contribution in [1.29, 1.82) is 0 Å². The number of aryl methyl sites for hydroxylation is 2. The van der Waals surface area contributed by atoms with Crippen LogP contribution < -0.4 is 0 Å². The van der Waals surface area contributed by atoms with Gasteiger partial charge in [0.2, 0.25) is 0 Å². The predicted octanol–water partition coefficient (Wildman–Crippen LogP) is 3.37. The average molecular weight is 222 g/mol. The van der Waals surface area contributed by atoms with Crippen molar-refractivity contribution in [2.75, 3.05) is 0 Å². The molecule has 2 aromatic rings. The zero-order chi connectivity index (χ0) is 12.3. The lowest BCUT2D eigenvalue weighted by Gasteiger charge is -2.03. The van der Waals surface area contributed by atoms with Gasteiger partial charge in [0.25, 0.3) is 0 Å². The summed E-state index contributed by atoms with van der Waals surface area (Å²) in [5, 5.41) is 0. The van der Waals surface area contributed by atoms with Crippen molar-refractivity contribution in [2.45, 2.75) is 13.8 Å². The van der Waals surface area contributed by atoms with Gasteiger partial charge in [-0.2, -0.15) is 4.79 Å². The van der Waals surface area contributed by atoms with Crippen molar-refractivity contribution in [3.05, 3.63) is 76.3 Å². The molecule has 17 heavy (non-hydrogen) atoms. The highest BCUT2D eigenvalue weighted by molar-refractivity contribution is 6.10. The lowest BCUT2D eigenvalue weighted by Crippen LogP contribution is -2.08. The van der Waals surface area contributed by atoms with E-state index >= 15 is 0 Å². The third kappa shape index (κ3) is 2.17. The number of rotatable bonds is 2. The fourth-order valence-corrected chi connectivity index (χ4v) is 1.93. The molecule has 2 aromatic carbocycles. The smallest absolute Gasteiger partial charge is 0.330 e. The Kier molecular flexibility index (Phi) is 3.17. The molecule has 2 rings (SSSR count). The molecule has 0 aliphatic carbocycles. The van der Waals surface area contributed by atoms with Crippen molar-refractivity contribution < 1.29 is 4.79 Å². The van der Waals surface area contributed by atoms with E-state index in [1.54, 1.807) is 0 Å². The first-order valence-corrected chi connectivity index (χ1v) is 5.58. The van der Waals surface area contributed by atoms with Crippen molar-refractivity contribution in [2.24, 2.45) is 0 Å². The van der Waals surface area contributed by atoms with E-state index in [1.807, 2.05) is 62.4 Å². The molecule has 0 atom stereocenters. The molecule has 84 valence electrons. The topological polar surface area (TPSA) is 36.4 Å². The van der Waals surface area contributed by atoms with Crippen LogP contribution in [-0.2, 0) is 0 Å². The lowest BCUT2D eigenvalue weighted by atomic mass is 9.95. The van der Waals surface area contributed by atoms with Gasteiger partial charge in [0.05, 0.1) is 11.1 Å². The van der Waals surface area contributed by atoms with Gasteiger partial charge in [-0.25, -0.2) is 0 Å². The molecule has 0 saturated carbocycles. The summed E-state index contributed by atoms with van der Waals surface area (Å²) in [7, 11) is 0.